The zero-order chi connectivity index (χ0) is 17.6. The van der Waals surface area contributed by atoms with Crippen LogP contribution in [0, 0.1) is 5.41 Å². The summed E-state index contributed by atoms with van der Waals surface area (Å²) >= 11 is 0. The van der Waals surface area contributed by atoms with E-state index in [4.69, 9.17) is 4.74 Å². The number of ether oxygens (including phenoxy) is 1. The van der Waals surface area contributed by atoms with Crippen LogP contribution in [0.5, 0.6) is 0 Å². The van der Waals surface area contributed by atoms with Gasteiger partial charge in [-0.1, -0.05) is 75.2 Å². The van der Waals surface area contributed by atoms with Gasteiger partial charge in [0, 0.05) is 6.61 Å². The average Bonchev–Trinajstić information content (AvgIpc) is 2.50. The lowest BCUT2D eigenvalue weighted by molar-refractivity contribution is 0.0662. The molecular weight excluding hydrogens is 258 g/mol. The second-order valence-corrected chi connectivity index (χ2v) is 5.36. The summed E-state index contributed by atoms with van der Waals surface area (Å²) in [5.41, 5.74) is 0.315. The van der Waals surface area contributed by atoms with Gasteiger partial charge in [-0.2, -0.15) is 0 Å². The Kier molecular flexibility index (Phi) is 38.8. The number of hydrogen-bond donors (Lipinski definition) is 1. The molecular formula is C19H47NO. The van der Waals surface area contributed by atoms with Gasteiger partial charge in [-0.25, -0.2) is 0 Å². The van der Waals surface area contributed by atoms with Crippen LogP contribution in [0.3, 0.4) is 0 Å². The van der Waals surface area contributed by atoms with Gasteiger partial charge in [0.2, 0.25) is 0 Å². The van der Waals surface area contributed by atoms with Crippen molar-refractivity contribution in [2.45, 2.75) is 94.9 Å². The van der Waals surface area contributed by atoms with Crippen LogP contribution in [0.2, 0.25) is 0 Å². The number of nitrogens with one attached hydrogen (secondary N) is 1. The molecule has 0 unspecified atom stereocenters. The van der Waals surface area contributed by atoms with E-state index in [1.54, 1.807) is 0 Å². The molecule has 0 saturated carbocycles. The van der Waals surface area contributed by atoms with Gasteiger partial charge in [-0.05, 0) is 38.3 Å². The number of unbranched alkanes of at least 4 members (excludes halogenated alkanes) is 1. The molecule has 0 aromatic rings. The van der Waals surface area contributed by atoms with Gasteiger partial charge in [-0.15, -0.1) is 0 Å². The highest BCUT2D eigenvalue weighted by atomic mass is 16.5. The van der Waals surface area contributed by atoms with E-state index in [1.165, 1.54) is 25.7 Å². The second kappa shape index (κ2) is 28.1. The molecule has 0 radical (unpaired) electrons. The van der Waals surface area contributed by atoms with Gasteiger partial charge in [0.1, 0.15) is 0 Å². The standard InChI is InChI=1S/C12H27NO.C3H8.2C2H6/c1-5-7-9-13-10-8-12(3,4)11-14-6-2;1-3-2;2*1-2/h13H,5-11H2,1-4H3;3H2,1-2H3;2*1-2H3. The van der Waals surface area contributed by atoms with Gasteiger partial charge in [0.05, 0.1) is 6.61 Å². The summed E-state index contributed by atoms with van der Waals surface area (Å²) in [6.07, 6.45) is 5.00. The smallest absolute Gasteiger partial charge is 0.0517 e. The molecule has 0 aromatic heterocycles. The Hall–Kier alpha value is -0.0800. The predicted octanol–water partition coefficient (Wildman–Crippen LogP) is 6.30. The molecule has 21 heavy (non-hydrogen) atoms. The summed E-state index contributed by atoms with van der Waals surface area (Å²) in [5, 5.41) is 3.46. The van der Waals surface area contributed by atoms with Gasteiger partial charge in [-0.3, -0.25) is 0 Å². The number of rotatable bonds is 9. The van der Waals surface area contributed by atoms with Crippen molar-refractivity contribution in [2.75, 3.05) is 26.3 Å². The molecule has 0 bridgehead atoms. The molecule has 0 heterocycles. The SMILES string of the molecule is CC.CC.CCC.CCCCNCCC(C)(C)COCC. The average molecular weight is 306 g/mol. The van der Waals surface area contributed by atoms with E-state index in [2.05, 4.69) is 46.9 Å². The Bertz CT molecular complexity index is 136. The third-order valence-electron chi connectivity index (χ3n) is 2.38. The second-order valence-electron chi connectivity index (χ2n) is 5.36. The fraction of sp³-hybridized carbons (Fsp3) is 1.00. The summed E-state index contributed by atoms with van der Waals surface area (Å²) in [5.74, 6) is 0. The molecule has 134 valence electrons. The Labute approximate surface area is 137 Å². The molecule has 2 nitrogen and oxygen atoms in total. The first-order chi connectivity index (χ1) is 10.0. The zero-order valence-electron chi connectivity index (χ0n) is 17.1. The molecule has 0 aliphatic heterocycles. The lowest BCUT2D eigenvalue weighted by atomic mass is 9.90. The third-order valence-corrected chi connectivity index (χ3v) is 2.38. The highest BCUT2D eigenvalue weighted by molar-refractivity contribution is 4.69. The lowest BCUT2D eigenvalue weighted by Crippen LogP contribution is -2.26. The van der Waals surface area contributed by atoms with Crippen LogP contribution >= 0.6 is 0 Å². The molecule has 0 spiro atoms. The van der Waals surface area contributed by atoms with E-state index >= 15 is 0 Å². The fourth-order valence-corrected chi connectivity index (χ4v) is 1.30. The molecule has 0 aliphatic carbocycles. The minimum atomic E-state index is 0.315. The minimum Gasteiger partial charge on any atom is -0.381 e. The molecule has 0 fully saturated rings. The summed E-state index contributed by atoms with van der Waals surface area (Å²) in [4.78, 5) is 0. The van der Waals surface area contributed by atoms with Gasteiger partial charge < -0.3 is 10.1 Å². The quantitative estimate of drug-likeness (QED) is 0.505. The normalized spacial score (nSPS) is 9.43. The van der Waals surface area contributed by atoms with Crippen molar-refractivity contribution in [1.29, 1.82) is 0 Å². The maximum absolute atomic E-state index is 5.45. The van der Waals surface area contributed by atoms with E-state index in [0.29, 0.717) is 5.41 Å². The summed E-state index contributed by atoms with van der Waals surface area (Å²) in [7, 11) is 0. The van der Waals surface area contributed by atoms with E-state index in [9.17, 15) is 0 Å². The van der Waals surface area contributed by atoms with Crippen molar-refractivity contribution < 1.29 is 4.74 Å². The van der Waals surface area contributed by atoms with Crippen molar-refractivity contribution in [3.63, 3.8) is 0 Å². The predicted molar refractivity (Wildman–Crippen MR) is 101 cm³/mol. The van der Waals surface area contributed by atoms with Crippen molar-refractivity contribution in [3.05, 3.63) is 0 Å². The van der Waals surface area contributed by atoms with Crippen LogP contribution in [0.25, 0.3) is 0 Å². The Morgan fingerprint density at radius 2 is 1.33 bits per heavy atom. The lowest BCUT2D eigenvalue weighted by Gasteiger charge is -2.24. The van der Waals surface area contributed by atoms with Crippen molar-refractivity contribution >= 4 is 0 Å². The highest BCUT2D eigenvalue weighted by Crippen LogP contribution is 2.19. The van der Waals surface area contributed by atoms with Crippen LogP contribution in [0.15, 0.2) is 0 Å². The third kappa shape index (κ3) is 38.3. The fourth-order valence-electron chi connectivity index (χ4n) is 1.30. The molecule has 0 aliphatic rings. The topological polar surface area (TPSA) is 21.3 Å². The van der Waals surface area contributed by atoms with Crippen LogP contribution in [-0.4, -0.2) is 26.3 Å². The molecule has 0 rings (SSSR count). The zero-order valence-corrected chi connectivity index (χ0v) is 17.1. The van der Waals surface area contributed by atoms with E-state index in [-0.39, 0.29) is 0 Å². The molecule has 2 heteroatoms. The van der Waals surface area contributed by atoms with Crippen LogP contribution in [-0.2, 0) is 4.74 Å². The van der Waals surface area contributed by atoms with Crippen LogP contribution in [0.4, 0.5) is 0 Å². The Morgan fingerprint density at radius 3 is 1.71 bits per heavy atom. The Morgan fingerprint density at radius 1 is 0.857 bits per heavy atom. The summed E-state index contributed by atoms with van der Waals surface area (Å²) in [6, 6.07) is 0. The van der Waals surface area contributed by atoms with E-state index in [1.807, 2.05) is 27.7 Å². The molecule has 0 saturated heterocycles. The number of hydrogen-bond acceptors (Lipinski definition) is 2. The maximum atomic E-state index is 5.45. The molecule has 1 N–H and O–H groups in total. The van der Waals surface area contributed by atoms with Crippen LogP contribution < -0.4 is 5.32 Å². The van der Waals surface area contributed by atoms with Gasteiger partial charge >= 0.3 is 0 Å². The largest absolute Gasteiger partial charge is 0.381 e. The summed E-state index contributed by atoms with van der Waals surface area (Å²) < 4.78 is 5.45. The van der Waals surface area contributed by atoms with E-state index in [0.717, 1.165) is 26.3 Å². The van der Waals surface area contributed by atoms with Crippen molar-refractivity contribution in [1.82, 2.24) is 5.32 Å². The van der Waals surface area contributed by atoms with E-state index < -0.39 is 0 Å². The first-order valence-corrected chi connectivity index (χ1v) is 9.32. The minimum absolute atomic E-state index is 0.315. The maximum Gasteiger partial charge on any atom is 0.0517 e. The summed E-state index contributed by atoms with van der Waals surface area (Å²) in [6.45, 7) is 25.0. The molecule has 0 atom stereocenters. The van der Waals surface area contributed by atoms with Gasteiger partial charge in [0.15, 0.2) is 0 Å². The highest BCUT2D eigenvalue weighted by Gasteiger charge is 2.16. The first kappa shape index (κ1) is 29.0. The Balaban J connectivity index is -0.000000176. The van der Waals surface area contributed by atoms with Gasteiger partial charge in [0.25, 0.3) is 0 Å². The van der Waals surface area contributed by atoms with Crippen LogP contribution in [0.1, 0.15) is 94.9 Å². The monoisotopic (exact) mass is 305 g/mol. The van der Waals surface area contributed by atoms with Crippen molar-refractivity contribution in [2.24, 2.45) is 5.41 Å². The molecule has 0 amide bonds. The molecule has 0 aromatic carbocycles. The van der Waals surface area contributed by atoms with Crippen molar-refractivity contribution in [3.8, 4) is 0 Å². The first-order valence-electron chi connectivity index (χ1n) is 9.32.